The van der Waals surface area contributed by atoms with Crippen LogP contribution in [0.5, 0.6) is 0 Å². The van der Waals surface area contributed by atoms with Gasteiger partial charge in [-0.15, -0.1) is 0 Å². The summed E-state index contributed by atoms with van der Waals surface area (Å²) in [6, 6.07) is 13.5. The number of halogens is 1. The Morgan fingerprint density at radius 2 is 1.77 bits per heavy atom. The predicted octanol–water partition coefficient (Wildman–Crippen LogP) is 5.54. The van der Waals surface area contributed by atoms with Gasteiger partial charge in [0.15, 0.2) is 0 Å². The Balaban J connectivity index is 1.57. The summed E-state index contributed by atoms with van der Waals surface area (Å²) in [5.74, 6) is 0.483. The fourth-order valence-corrected chi connectivity index (χ4v) is 3.80. The van der Waals surface area contributed by atoms with E-state index in [9.17, 15) is 9.18 Å². The molecule has 1 aliphatic rings. The molecule has 0 saturated carbocycles. The number of rotatable bonds is 3. The number of likely N-dealkylation sites (tertiary alicyclic amines) is 1. The largest absolute Gasteiger partial charge is 0.337 e. The van der Waals surface area contributed by atoms with Gasteiger partial charge in [-0.1, -0.05) is 38.1 Å². The molecule has 6 heteroatoms. The van der Waals surface area contributed by atoms with Crippen molar-refractivity contribution in [2.24, 2.45) is 0 Å². The van der Waals surface area contributed by atoms with Crippen LogP contribution in [0.15, 0.2) is 53.1 Å². The molecule has 156 valence electrons. The van der Waals surface area contributed by atoms with Crippen LogP contribution in [-0.4, -0.2) is 27.5 Å². The number of piperidine rings is 1. The normalized spacial score (nSPS) is 17.2. The minimum Gasteiger partial charge on any atom is -0.337 e. The smallest absolute Gasteiger partial charge is 0.254 e. The summed E-state index contributed by atoms with van der Waals surface area (Å²) in [7, 11) is 0. The maximum absolute atomic E-state index is 13.3. The lowest BCUT2D eigenvalue weighted by Gasteiger charge is -2.33. The molecule has 1 amide bonds. The first-order valence-electron chi connectivity index (χ1n) is 10.3. The summed E-state index contributed by atoms with van der Waals surface area (Å²) in [5, 5.41) is 4.05. The Hall–Kier alpha value is -3.02. The highest BCUT2D eigenvalue weighted by Gasteiger charge is 2.33. The fraction of sp³-hybridized carbons (Fsp3) is 0.375. The van der Waals surface area contributed by atoms with Crippen molar-refractivity contribution < 1.29 is 13.7 Å². The van der Waals surface area contributed by atoms with Gasteiger partial charge in [0.05, 0.1) is 0 Å². The highest BCUT2D eigenvalue weighted by Crippen LogP contribution is 2.33. The van der Waals surface area contributed by atoms with Gasteiger partial charge in [0.2, 0.25) is 11.7 Å². The number of amides is 1. The van der Waals surface area contributed by atoms with Crippen LogP contribution in [0.3, 0.4) is 0 Å². The van der Waals surface area contributed by atoms with Crippen LogP contribution >= 0.6 is 0 Å². The van der Waals surface area contributed by atoms with Crippen molar-refractivity contribution in [3.8, 4) is 11.4 Å². The Morgan fingerprint density at radius 3 is 2.43 bits per heavy atom. The van der Waals surface area contributed by atoms with Gasteiger partial charge in [-0.3, -0.25) is 4.79 Å². The van der Waals surface area contributed by atoms with E-state index in [1.165, 1.54) is 17.7 Å². The lowest BCUT2D eigenvalue weighted by atomic mass is 9.86. The van der Waals surface area contributed by atoms with Gasteiger partial charge in [0, 0.05) is 17.7 Å². The molecule has 1 saturated heterocycles. The van der Waals surface area contributed by atoms with E-state index in [1.807, 2.05) is 29.2 Å². The lowest BCUT2D eigenvalue weighted by molar-refractivity contribution is 0.0561. The molecular weight excluding hydrogens is 381 g/mol. The fourth-order valence-electron chi connectivity index (χ4n) is 3.80. The molecule has 1 unspecified atom stereocenters. The molecule has 0 N–H and O–H groups in total. The Kier molecular flexibility index (Phi) is 5.41. The molecule has 5 nitrogen and oxygen atoms in total. The summed E-state index contributed by atoms with van der Waals surface area (Å²) in [5.41, 5.74) is 2.57. The van der Waals surface area contributed by atoms with Gasteiger partial charge in [-0.2, -0.15) is 4.98 Å². The van der Waals surface area contributed by atoms with Crippen molar-refractivity contribution in [2.45, 2.75) is 51.5 Å². The summed E-state index contributed by atoms with van der Waals surface area (Å²) >= 11 is 0. The average Bonchev–Trinajstić information content (AvgIpc) is 3.23. The molecule has 2 aromatic carbocycles. The number of benzene rings is 2. The maximum Gasteiger partial charge on any atom is 0.254 e. The standard InChI is InChI=1S/C24H26FN3O2/c1-24(2,3)18-11-7-17(8-12-18)23(29)28-15-5-4-6-20(28)22-26-21(27-30-22)16-9-13-19(25)14-10-16/h7-14,20H,4-6,15H2,1-3H3. The molecule has 3 aromatic rings. The van der Waals surface area contributed by atoms with E-state index < -0.39 is 0 Å². The van der Waals surface area contributed by atoms with Crippen LogP contribution in [-0.2, 0) is 5.41 Å². The van der Waals surface area contributed by atoms with Crippen LogP contribution in [0, 0.1) is 5.82 Å². The van der Waals surface area contributed by atoms with Crippen molar-refractivity contribution in [3.63, 3.8) is 0 Å². The van der Waals surface area contributed by atoms with E-state index in [0.29, 0.717) is 29.4 Å². The topological polar surface area (TPSA) is 59.2 Å². The van der Waals surface area contributed by atoms with Gasteiger partial charge in [0.25, 0.3) is 5.91 Å². The number of hydrogen-bond acceptors (Lipinski definition) is 4. The summed E-state index contributed by atoms with van der Waals surface area (Å²) < 4.78 is 18.7. The van der Waals surface area contributed by atoms with Crippen LogP contribution in [0.25, 0.3) is 11.4 Å². The number of carbonyl (C=O) groups is 1. The molecule has 30 heavy (non-hydrogen) atoms. The van der Waals surface area contributed by atoms with Gasteiger partial charge < -0.3 is 9.42 Å². The van der Waals surface area contributed by atoms with E-state index in [4.69, 9.17) is 4.52 Å². The molecular formula is C24H26FN3O2. The molecule has 1 atom stereocenters. The quantitative estimate of drug-likeness (QED) is 0.572. The molecule has 0 bridgehead atoms. The van der Waals surface area contributed by atoms with Crippen molar-refractivity contribution in [3.05, 3.63) is 71.4 Å². The zero-order chi connectivity index (χ0) is 21.3. The van der Waals surface area contributed by atoms with E-state index in [1.54, 1.807) is 12.1 Å². The summed E-state index contributed by atoms with van der Waals surface area (Å²) in [4.78, 5) is 19.6. The van der Waals surface area contributed by atoms with E-state index in [-0.39, 0.29) is 23.2 Å². The lowest BCUT2D eigenvalue weighted by Crippen LogP contribution is -2.38. The second-order valence-corrected chi connectivity index (χ2v) is 8.80. The van der Waals surface area contributed by atoms with Crippen LogP contribution < -0.4 is 0 Å². The van der Waals surface area contributed by atoms with Gasteiger partial charge >= 0.3 is 0 Å². The van der Waals surface area contributed by atoms with Crippen molar-refractivity contribution in [1.82, 2.24) is 15.0 Å². The van der Waals surface area contributed by atoms with Gasteiger partial charge in [0.1, 0.15) is 11.9 Å². The third-order valence-corrected chi connectivity index (χ3v) is 5.59. The maximum atomic E-state index is 13.3. The van der Waals surface area contributed by atoms with Crippen LogP contribution in [0.1, 0.15) is 67.9 Å². The highest BCUT2D eigenvalue weighted by molar-refractivity contribution is 5.94. The minimum atomic E-state index is -0.316. The Morgan fingerprint density at radius 1 is 1.07 bits per heavy atom. The average molecular weight is 407 g/mol. The van der Waals surface area contributed by atoms with Gasteiger partial charge in [-0.25, -0.2) is 4.39 Å². The molecule has 1 aliphatic heterocycles. The first-order chi connectivity index (χ1) is 14.3. The molecule has 2 heterocycles. The molecule has 4 rings (SSSR count). The summed E-state index contributed by atoms with van der Waals surface area (Å²) in [6.45, 7) is 7.11. The number of nitrogens with zero attached hydrogens (tertiary/aromatic N) is 3. The minimum absolute atomic E-state index is 0.0262. The van der Waals surface area contributed by atoms with Crippen molar-refractivity contribution in [2.75, 3.05) is 6.54 Å². The third-order valence-electron chi connectivity index (χ3n) is 5.59. The number of hydrogen-bond donors (Lipinski definition) is 0. The zero-order valence-electron chi connectivity index (χ0n) is 17.6. The molecule has 1 aromatic heterocycles. The monoisotopic (exact) mass is 407 g/mol. The van der Waals surface area contributed by atoms with E-state index in [2.05, 4.69) is 30.9 Å². The van der Waals surface area contributed by atoms with Crippen LogP contribution in [0.2, 0.25) is 0 Å². The molecule has 0 aliphatic carbocycles. The molecule has 0 radical (unpaired) electrons. The zero-order valence-corrected chi connectivity index (χ0v) is 17.6. The second kappa shape index (κ2) is 8.01. The molecule has 0 spiro atoms. The van der Waals surface area contributed by atoms with Crippen LogP contribution in [0.4, 0.5) is 4.39 Å². The predicted molar refractivity (Wildman–Crippen MR) is 112 cm³/mol. The number of carbonyl (C=O) groups excluding carboxylic acids is 1. The van der Waals surface area contributed by atoms with Crippen molar-refractivity contribution in [1.29, 1.82) is 0 Å². The highest BCUT2D eigenvalue weighted by atomic mass is 19.1. The number of aromatic nitrogens is 2. The summed E-state index contributed by atoms with van der Waals surface area (Å²) in [6.07, 6.45) is 2.71. The molecule has 1 fully saturated rings. The van der Waals surface area contributed by atoms with Gasteiger partial charge in [-0.05, 0) is 66.6 Å². The van der Waals surface area contributed by atoms with E-state index >= 15 is 0 Å². The first kappa shape index (κ1) is 20.3. The Bertz CT molecular complexity index is 1020. The SMILES string of the molecule is CC(C)(C)c1ccc(C(=O)N2CCCCC2c2nc(-c3ccc(F)cc3)no2)cc1. The Labute approximate surface area is 175 Å². The van der Waals surface area contributed by atoms with Crippen molar-refractivity contribution >= 4 is 5.91 Å². The van der Waals surface area contributed by atoms with E-state index in [0.717, 1.165) is 19.3 Å². The second-order valence-electron chi connectivity index (χ2n) is 8.80. The first-order valence-corrected chi connectivity index (χ1v) is 10.3. The third kappa shape index (κ3) is 4.13.